The van der Waals surface area contributed by atoms with Crippen LogP contribution in [0.5, 0.6) is 5.75 Å². The van der Waals surface area contributed by atoms with Gasteiger partial charge in [0.25, 0.3) is 5.91 Å². The summed E-state index contributed by atoms with van der Waals surface area (Å²) in [6.45, 7) is 4.63. The van der Waals surface area contributed by atoms with E-state index in [-0.39, 0.29) is 12.5 Å². The van der Waals surface area contributed by atoms with Gasteiger partial charge in [-0.15, -0.1) is 0 Å². The Balaban J connectivity index is 1.92. The number of rotatable bonds is 5. The monoisotopic (exact) mass is 283 g/mol. The van der Waals surface area contributed by atoms with Crippen molar-refractivity contribution in [2.45, 2.75) is 20.4 Å². The minimum atomic E-state index is -0.0264. The Labute approximate surface area is 126 Å². The first-order chi connectivity index (χ1) is 10.1. The lowest BCUT2D eigenvalue weighted by atomic mass is 10.1. The van der Waals surface area contributed by atoms with E-state index < -0.39 is 0 Å². The molecule has 0 atom stereocenters. The standard InChI is InChI=1S/C18H21NO2/c1-14-8-7-9-15(2)18(14)21-13-17(20)19(3)12-16-10-5-4-6-11-16/h4-11H,12-13H2,1-3H3. The van der Waals surface area contributed by atoms with Gasteiger partial charge in [0.05, 0.1) is 0 Å². The molecule has 0 heterocycles. The van der Waals surface area contributed by atoms with Crippen LogP contribution in [0.25, 0.3) is 0 Å². The zero-order chi connectivity index (χ0) is 15.2. The smallest absolute Gasteiger partial charge is 0.260 e. The molecule has 2 aromatic carbocycles. The van der Waals surface area contributed by atoms with Crippen molar-refractivity contribution in [1.82, 2.24) is 4.90 Å². The SMILES string of the molecule is Cc1cccc(C)c1OCC(=O)N(C)Cc1ccccc1. The highest BCUT2D eigenvalue weighted by atomic mass is 16.5. The summed E-state index contributed by atoms with van der Waals surface area (Å²) in [6.07, 6.45) is 0. The van der Waals surface area contributed by atoms with E-state index in [1.807, 2.05) is 62.4 Å². The lowest BCUT2D eigenvalue weighted by Crippen LogP contribution is -2.31. The average molecular weight is 283 g/mol. The van der Waals surface area contributed by atoms with E-state index in [0.717, 1.165) is 22.4 Å². The average Bonchev–Trinajstić information content (AvgIpc) is 2.47. The van der Waals surface area contributed by atoms with Gasteiger partial charge in [0.1, 0.15) is 5.75 Å². The molecule has 0 N–H and O–H groups in total. The maximum absolute atomic E-state index is 12.1. The first-order valence-corrected chi connectivity index (χ1v) is 7.05. The van der Waals surface area contributed by atoms with Crippen molar-refractivity contribution in [3.05, 3.63) is 65.2 Å². The van der Waals surface area contributed by atoms with Gasteiger partial charge in [0.2, 0.25) is 0 Å². The number of para-hydroxylation sites is 1. The molecule has 0 saturated heterocycles. The Morgan fingerprint density at radius 2 is 1.62 bits per heavy atom. The van der Waals surface area contributed by atoms with Crippen LogP contribution in [0, 0.1) is 13.8 Å². The molecule has 0 bridgehead atoms. The van der Waals surface area contributed by atoms with Crippen LogP contribution in [-0.4, -0.2) is 24.5 Å². The van der Waals surface area contributed by atoms with Gasteiger partial charge in [-0.3, -0.25) is 4.79 Å². The van der Waals surface area contributed by atoms with Crippen LogP contribution >= 0.6 is 0 Å². The molecule has 0 aliphatic heterocycles. The van der Waals surface area contributed by atoms with Crippen LogP contribution in [0.4, 0.5) is 0 Å². The maximum Gasteiger partial charge on any atom is 0.260 e. The van der Waals surface area contributed by atoms with Crippen LogP contribution in [0.2, 0.25) is 0 Å². The van der Waals surface area contributed by atoms with E-state index >= 15 is 0 Å². The molecule has 110 valence electrons. The highest BCUT2D eigenvalue weighted by Crippen LogP contribution is 2.22. The summed E-state index contributed by atoms with van der Waals surface area (Å²) in [4.78, 5) is 13.8. The highest BCUT2D eigenvalue weighted by molar-refractivity contribution is 5.77. The summed E-state index contributed by atoms with van der Waals surface area (Å²) < 4.78 is 5.70. The van der Waals surface area contributed by atoms with E-state index in [9.17, 15) is 4.79 Å². The molecule has 2 rings (SSSR count). The van der Waals surface area contributed by atoms with Crippen molar-refractivity contribution in [3.8, 4) is 5.75 Å². The first kappa shape index (κ1) is 15.1. The number of hydrogen-bond acceptors (Lipinski definition) is 2. The normalized spacial score (nSPS) is 10.2. The van der Waals surface area contributed by atoms with E-state index in [1.165, 1.54) is 0 Å². The minimum absolute atomic E-state index is 0.0264. The van der Waals surface area contributed by atoms with Gasteiger partial charge in [-0.25, -0.2) is 0 Å². The molecule has 0 aliphatic rings. The maximum atomic E-state index is 12.1. The van der Waals surface area contributed by atoms with Gasteiger partial charge in [-0.2, -0.15) is 0 Å². The van der Waals surface area contributed by atoms with Gasteiger partial charge in [-0.1, -0.05) is 48.5 Å². The van der Waals surface area contributed by atoms with Gasteiger partial charge < -0.3 is 9.64 Å². The number of aryl methyl sites for hydroxylation is 2. The number of benzene rings is 2. The van der Waals surface area contributed by atoms with Crippen molar-refractivity contribution in [1.29, 1.82) is 0 Å². The molecule has 0 aromatic heterocycles. The molecular weight excluding hydrogens is 262 g/mol. The van der Waals surface area contributed by atoms with Crippen molar-refractivity contribution < 1.29 is 9.53 Å². The second kappa shape index (κ2) is 6.93. The second-order valence-corrected chi connectivity index (χ2v) is 5.25. The predicted molar refractivity (Wildman–Crippen MR) is 84.3 cm³/mol. The first-order valence-electron chi connectivity index (χ1n) is 7.05. The summed E-state index contributed by atoms with van der Waals surface area (Å²) in [5, 5.41) is 0. The lowest BCUT2D eigenvalue weighted by Gasteiger charge is -2.18. The lowest BCUT2D eigenvalue weighted by molar-refractivity contribution is -0.132. The van der Waals surface area contributed by atoms with Crippen LogP contribution in [0.1, 0.15) is 16.7 Å². The molecule has 0 saturated carbocycles. The Morgan fingerprint density at radius 1 is 1.00 bits per heavy atom. The number of nitrogens with zero attached hydrogens (tertiary/aromatic N) is 1. The number of hydrogen-bond donors (Lipinski definition) is 0. The molecule has 0 radical (unpaired) electrons. The van der Waals surface area contributed by atoms with Crippen molar-refractivity contribution in [2.75, 3.05) is 13.7 Å². The van der Waals surface area contributed by atoms with Gasteiger partial charge in [-0.05, 0) is 30.5 Å². The summed E-state index contributed by atoms with van der Waals surface area (Å²) in [7, 11) is 1.80. The molecule has 21 heavy (non-hydrogen) atoms. The van der Waals surface area contributed by atoms with Crippen LogP contribution in [0.3, 0.4) is 0 Å². The van der Waals surface area contributed by atoms with Crippen molar-refractivity contribution in [2.24, 2.45) is 0 Å². The number of carbonyl (C=O) groups excluding carboxylic acids is 1. The van der Waals surface area contributed by atoms with Gasteiger partial charge in [0.15, 0.2) is 6.61 Å². The highest BCUT2D eigenvalue weighted by Gasteiger charge is 2.11. The summed E-state index contributed by atoms with van der Waals surface area (Å²) >= 11 is 0. The van der Waals surface area contributed by atoms with Crippen LogP contribution in [0.15, 0.2) is 48.5 Å². The third-order valence-electron chi connectivity index (χ3n) is 3.44. The number of likely N-dealkylation sites (N-methyl/N-ethyl adjacent to an activating group) is 1. The minimum Gasteiger partial charge on any atom is -0.483 e. The topological polar surface area (TPSA) is 29.5 Å². The molecule has 3 heteroatoms. The third kappa shape index (κ3) is 4.09. The molecule has 0 spiro atoms. The Hall–Kier alpha value is -2.29. The largest absolute Gasteiger partial charge is 0.483 e. The zero-order valence-corrected chi connectivity index (χ0v) is 12.8. The number of amides is 1. The molecule has 3 nitrogen and oxygen atoms in total. The van der Waals surface area contributed by atoms with E-state index in [1.54, 1.807) is 11.9 Å². The summed E-state index contributed by atoms with van der Waals surface area (Å²) in [6, 6.07) is 15.9. The quantitative estimate of drug-likeness (QED) is 0.842. The molecule has 2 aromatic rings. The summed E-state index contributed by atoms with van der Waals surface area (Å²) in [5.41, 5.74) is 3.21. The Bertz CT molecular complexity index is 588. The van der Waals surface area contributed by atoms with Crippen molar-refractivity contribution in [3.63, 3.8) is 0 Å². The molecule has 0 fully saturated rings. The van der Waals surface area contributed by atoms with Gasteiger partial charge >= 0.3 is 0 Å². The molecule has 1 amide bonds. The molecular formula is C18H21NO2. The fraction of sp³-hybridized carbons (Fsp3) is 0.278. The van der Waals surface area contributed by atoms with E-state index in [4.69, 9.17) is 4.74 Å². The third-order valence-corrected chi connectivity index (χ3v) is 3.44. The fourth-order valence-electron chi connectivity index (χ4n) is 2.22. The van der Waals surface area contributed by atoms with Crippen molar-refractivity contribution >= 4 is 5.91 Å². The van der Waals surface area contributed by atoms with Crippen LogP contribution < -0.4 is 4.74 Å². The Kier molecular flexibility index (Phi) is 4.99. The van der Waals surface area contributed by atoms with Gasteiger partial charge in [0, 0.05) is 13.6 Å². The Morgan fingerprint density at radius 3 is 2.24 bits per heavy atom. The fourth-order valence-corrected chi connectivity index (χ4v) is 2.22. The molecule has 0 unspecified atom stereocenters. The second-order valence-electron chi connectivity index (χ2n) is 5.25. The predicted octanol–water partition coefficient (Wildman–Crippen LogP) is 3.34. The summed E-state index contributed by atoms with van der Waals surface area (Å²) in [5.74, 6) is 0.778. The number of carbonyl (C=O) groups is 1. The van der Waals surface area contributed by atoms with E-state index in [0.29, 0.717) is 6.54 Å². The zero-order valence-electron chi connectivity index (χ0n) is 12.8. The van der Waals surface area contributed by atoms with E-state index in [2.05, 4.69) is 0 Å². The van der Waals surface area contributed by atoms with Crippen LogP contribution in [-0.2, 0) is 11.3 Å². The molecule has 0 aliphatic carbocycles. The number of ether oxygens (including phenoxy) is 1.